The average Bonchev–Trinajstić information content (AvgIpc) is 2.16. The van der Waals surface area contributed by atoms with Gasteiger partial charge in [0.1, 0.15) is 0 Å². The summed E-state index contributed by atoms with van der Waals surface area (Å²) in [6.07, 6.45) is 9.96. The van der Waals surface area contributed by atoms with Crippen LogP contribution in [0.3, 0.4) is 0 Å². The second kappa shape index (κ2) is 8.79. The van der Waals surface area contributed by atoms with E-state index in [2.05, 4.69) is 6.58 Å². The molecule has 0 saturated carbocycles. The smallest absolute Gasteiger partial charge is 0.241 e. The van der Waals surface area contributed by atoms with Gasteiger partial charge in [0.2, 0.25) is 5.91 Å². The first-order valence-electron chi connectivity index (χ1n) is 5.54. The molecule has 0 aromatic carbocycles. The number of carbonyl (C=O) groups is 1. The Balaban J connectivity index is 3.13. The molecule has 0 aliphatic carbocycles. The van der Waals surface area contributed by atoms with Crippen molar-refractivity contribution in [1.29, 1.82) is 0 Å². The molecule has 1 unspecified atom stereocenters. The summed E-state index contributed by atoms with van der Waals surface area (Å²) in [6, 6.07) is 0. The highest BCUT2D eigenvalue weighted by atomic mass is 16.1. The molecule has 14 heavy (non-hydrogen) atoms. The van der Waals surface area contributed by atoms with Gasteiger partial charge in [-0.3, -0.25) is 10.5 Å². The summed E-state index contributed by atoms with van der Waals surface area (Å²) in [5.74, 6) is -0.486. The Morgan fingerprint density at radius 2 is 1.86 bits per heavy atom. The lowest BCUT2D eigenvalue weighted by molar-refractivity contribution is -0.122. The first kappa shape index (κ1) is 13.2. The number of nitrogens with one attached hydrogen (secondary N) is 1. The van der Waals surface area contributed by atoms with Gasteiger partial charge in [-0.1, -0.05) is 38.7 Å². The van der Waals surface area contributed by atoms with E-state index < -0.39 is 5.91 Å². The molecule has 0 aromatic heterocycles. The van der Waals surface area contributed by atoms with Gasteiger partial charge in [0, 0.05) is 5.92 Å². The first-order chi connectivity index (χ1) is 6.68. The van der Waals surface area contributed by atoms with Crippen LogP contribution in [-0.2, 0) is 4.79 Å². The monoisotopic (exact) mass is 196 g/mol. The SMILES string of the molecule is C=CCCCCCCCC(C)C([NH])=O. The summed E-state index contributed by atoms with van der Waals surface area (Å²) in [6.45, 7) is 5.52. The van der Waals surface area contributed by atoms with Crippen molar-refractivity contribution in [3.63, 3.8) is 0 Å². The molecular weight excluding hydrogens is 174 g/mol. The topological polar surface area (TPSA) is 40.9 Å². The molecule has 1 amide bonds. The van der Waals surface area contributed by atoms with E-state index >= 15 is 0 Å². The second-order valence-corrected chi connectivity index (χ2v) is 3.90. The second-order valence-electron chi connectivity index (χ2n) is 3.90. The van der Waals surface area contributed by atoms with E-state index in [0.29, 0.717) is 0 Å². The van der Waals surface area contributed by atoms with Crippen LogP contribution < -0.4 is 5.73 Å². The van der Waals surface area contributed by atoms with Crippen molar-refractivity contribution < 1.29 is 4.79 Å². The molecular formula is C12H22NO. The summed E-state index contributed by atoms with van der Waals surface area (Å²) in [4.78, 5) is 10.6. The Morgan fingerprint density at radius 1 is 1.29 bits per heavy atom. The Hall–Kier alpha value is -0.790. The number of unbranched alkanes of at least 4 members (excludes halogenated alkanes) is 5. The number of hydrogen-bond acceptors (Lipinski definition) is 1. The zero-order chi connectivity index (χ0) is 10.8. The van der Waals surface area contributed by atoms with Crippen molar-refractivity contribution in [1.82, 2.24) is 5.73 Å². The van der Waals surface area contributed by atoms with Crippen LogP contribution in [0.25, 0.3) is 0 Å². The van der Waals surface area contributed by atoms with Crippen LogP contribution in [0.2, 0.25) is 0 Å². The highest BCUT2D eigenvalue weighted by molar-refractivity contribution is 5.75. The average molecular weight is 196 g/mol. The predicted octanol–water partition coefficient (Wildman–Crippen LogP) is 3.35. The quantitative estimate of drug-likeness (QED) is 0.412. The molecule has 0 bridgehead atoms. The molecule has 0 spiro atoms. The fraction of sp³-hybridized carbons (Fsp3) is 0.750. The third kappa shape index (κ3) is 7.84. The van der Waals surface area contributed by atoms with Crippen LogP contribution in [0.15, 0.2) is 12.7 Å². The Bertz CT molecular complexity index is 166. The third-order valence-electron chi connectivity index (χ3n) is 2.49. The maximum atomic E-state index is 10.6. The van der Waals surface area contributed by atoms with Gasteiger partial charge in [-0.05, 0) is 19.3 Å². The van der Waals surface area contributed by atoms with Crippen LogP contribution in [0.1, 0.15) is 51.9 Å². The van der Waals surface area contributed by atoms with E-state index in [1.54, 1.807) is 0 Å². The summed E-state index contributed by atoms with van der Waals surface area (Å²) >= 11 is 0. The summed E-state index contributed by atoms with van der Waals surface area (Å²) in [5, 5.41) is 0. The van der Waals surface area contributed by atoms with Gasteiger partial charge in [0.25, 0.3) is 0 Å². The minimum Gasteiger partial charge on any atom is -0.273 e. The molecule has 0 saturated heterocycles. The number of amides is 1. The van der Waals surface area contributed by atoms with Gasteiger partial charge in [-0.25, -0.2) is 0 Å². The van der Waals surface area contributed by atoms with E-state index in [-0.39, 0.29) is 5.92 Å². The molecule has 0 rings (SSSR count). The van der Waals surface area contributed by atoms with Gasteiger partial charge >= 0.3 is 0 Å². The molecule has 0 heterocycles. The molecule has 1 atom stereocenters. The predicted molar refractivity (Wildman–Crippen MR) is 59.8 cm³/mol. The van der Waals surface area contributed by atoms with Crippen LogP contribution in [-0.4, -0.2) is 5.91 Å². The van der Waals surface area contributed by atoms with Crippen LogP contribution in [0.4, 0.5) is 0 Å². The van der Waals surface area contributed by atoms with E-state index in [1.165, 1.54) is 25.7 Å². The van der Waals surface area contributed by atoms with E-state index in [0.717, 1.165) is 19.3 Å². The summed E-state index contributed by atoms with van der Waals surface area (Å²) in [5.41, 5.74) is 6.90. The number of hydrogen-bond donors (Lipinski definition) is 0. The molecule has 0 aromatic rings. The van der Waals surface area contributed by atoms with Gasteiger partial charge < -0.3 is 0 Å². The maximum absolute atomic E-state index is 10.6. The molecule has 1 radical (unpaired) electrons. The highest BCUT2D eigenvalue weighted by Crippen LogP contribution is 2.11. The van der Waals surface area contributed by atoms with Crippen molar-refractivity contribution in [2.75, 3.05) is 0 Å². The van der Waals surface area contributed by atoms with Gasteiger partial charge in [-0.2, -0.15) is 0 Å². The molecule has 81 valence electrons. The standard InChI is InChI=1S/C12H22NO/c1-3-4-5-6-7-8-9-10-11(2)12(13)14/h3,11,13H,1,4-10H2,2H3. The molecule has 0 fully saturated rings. The lowest BCUT2D eigenvalue weighted by Gasteiger charge is -2.05. The van der Waals surface area contributed by atoms with E-state index in [9.17, 15) is 4.79 Å². The number of carbonyl (C=O) groups excluding carboxylic acids is 1. The minimum atomic E-state index is -0.420. The fourth-order valence-corrected chi connectivity index (χ4v) is 1.40. The maximum Gasteiger partial charge on any atom is 0.241 e. The van der Waals surface area contributed by atoms with Crippen molar-refractivity contribution in [2.24, 2.45) is 5.92 Å². The van der Waals surface area contributed by atoms with Crippen molar-refractivity contribution >= 4 is 5.91 Å². The van der Waals surface area contributed by atoms with Gasteiger partial charge in [-0.15, -0.1) is 6.58 Å². The summed E-state index contributed by atoms with van der Waals surface area (Å²) < 4.78 is 0. The Morgan fingerprint density at radius 3 is 2.43 bits per heavy atom. The third-order valence-corrected chi connectivity index (χ3v) is 2.49. The van der Waals surface area contributed by atoms with Crippen LogP contribution in [0.5, 0.6) is 0 Å². The minimum absolute atomic E-state index is 0.0665. The Kier molecular flexibility index (Phi) is 8.30. The molecule has 1 N–H and O–H groups in total. The number of rotatable bonds is 9. The van der Waals surface area contributed by atoms with Crippen molar-refractivity contribution in [2.45, 2.75) is 51.9 Å². The van der Waals surface area contributed by atoms with Crippen LogP contribution in [0, 0.1) is 5.92 Å². The zero-order valence-electron chi connectivity index (χ0n) is 9.22. The van der Waals surface area contributed by atoms with Crippen LogP contribution >= 0.6 is 0 Å². The zero-order valence-corrected chi connectivity index (χ0v) is 9.22. The number of allylic oxidation sites excluding steroid dienone is 1. The van der Waals surface area contributed by atoms with E-state index in [1.807, 2.05) is 13.0 Å². The molecule has 2 heteroatoms. The lowest BCUT2D eigenvalue weighted by Crippen LogP contribution is -2.10. The highest BCUT2D eigenvalue weighted by Gasteiger charge is 2.07. The van der Waals surface area contributed by atoms with E-state index in [4.69, 9.17) is 5.73 Å². The van der Waals surface area contributed by atoms with Gasteiger partial charge in [0.05, 0.1) is 0 Å². The molecule has 0 aliphatic rings. The van der Waals surface area contributed by atoms with Gasteiger partial charge in [0.15, 0.2) is 0 Å². The van der Waals surface area contributed by atoms with Crippen molar-refractivity contribution in [3.05, 3.63) is 12.7 Å². The first-order valence-corrected chi connectivity index (χ1v) is 5.54. The summed E-state index contributed by atoms with van der Waals surface area (Å²) in [7, 11) is 0. The molecule has 0 aliphatic heterocycles. The lowest BCUT2D eigenvalue weighted by atomic mass is 10.0. The fourth-order valence-electron chi connectivity index (χ4n) is 1.40. The molecule has 2 nitrogen and oxygen atoms in total. The Labute approximate surface area is 87.6 Å². The normalized spacial score (nSPS) is 12.4. The largest absolute Gasteiger partial charge is 0.273 e. The van der Waals surface area contributed by atoms with Crippen molar-refractivity contribution in [3.8, 4) is 0 Å².